The van der Waals surface area contributed by atoms with Gasteiger partial charge in [-0.3, -0.25) is 4.99 Å². The summed E-state index contributed by atoms with van der Waals surface area (Å²) in [4.78, 5) is 4.45. The van der Waals surface area contributed by atoms with E-state index in [2.05, 4.69) is 49.1 Å². The highest BCUT2D eigenvalue weighted by atomic mass is 32.2. The molecule has 1 aromatic rings. The third-order valence-electron chi connectivity index (χ3n) is 5.38. The normalized spacial score (nSPS) is 27.0. The van der Waals surface area contributed by atoms with Crippen LogP contribution in [0.2, 0.25) is 0 Å². The van der Waals surface area contributed by atoms with E-state index in [0.717, 1.165) is 42.4 Å². The second kappa shape index (κ2) is 8.92. The third kappa shape index (κ3) is 4.90. The van der Waals surface area contributed by atoms with Crippen LogP contribution in [0.25, 0.3) is 0 Å². The number of hydrogen-bond acceptors (Lipinski definition) is 4. The average Bonchev–Trinajstić information content (AvgIpc) is 3.00. The lowest BCUT2D eigenvalue weighted by Gasteiger charge is -2.31. The molecule has 0 radical (unpaired) electrons. The first-order valence-electron chi connectivity index (χ1n) is 9.67. The van der Waals surface area contributed by atoms with Crippen molar-refractivity contribution in [1.82, 2.24) is 25.4 Å². The molecular weight excluding hydrogens is 332 g/mol. The van der Waals surface area contributed by atoms with Crippen molar-refractivity contribution in [2.75, 3.05) is 19.3 Å². The van der Waals surface area contributed by atoms with E-state index in [4.69, 9.17) is 0 Å². The van der Waals surface area contributed by atoms with Gasteiger partial charge in [0.1, 0.15) is 11.6 Å². The van der Waals surface area contributed by atoms with Gasteiger partial charge in [0.15, 0.2) is 5.96 Å². The highest BCUT2D eigenvalue weighted by molar-refractivity contribution is 7.99. The van der Waals surface area contributed by atoms with Crippen LogP contribution in [-0.4, -0.2) is 51.4 Å². The summed E-state index contributed by atoms with van der Waals surface area (Å²) >= 11 is 2.11. The Labute approximate surface area is 155 Å². The fourth-order valence-corrected chi connectivity index (χ4v) is 5.16. The van der Waals surface area contributed by atoms with E-state index < -0.39 is 0 Å². The number of fused-ring (bicyclic) bond motifs is 1. The first-order chi connectivity index (χ1) is 12.2. The summed E-state index contributed by atoms with van der Waals surface area (Å²) in [5.41, 5.74) is 0. The molecule has 1 aliphatic carbocycles. The summed E-state index contributed by atoms with van der Waals surface area (Å²) in [6.07, 6.45) is 7.40. The monoisotopic (exact) mass is 364 g/mol. The Morgan fingerprint density at radius 1 is 1.32 bits per heavy atom. The lowest BCUT2D eigenvalue weighted by molar-refractivity contribution is 0.356. The molecule has 3 unspecified atom stereocenters. The molecule has 3 atom stereocenters. The van der Waals surface area contributed by atoms with E-state index in [0.29, 0.717) is 12.0 Å². The minimum Gasteiger partial charge on any atom is -0.356 e. The molecule has 0 aromatic carbocycles. The second-order valence-electron chi connectivity index (χ2n) is 7.22. The Bertz CT molecular complexity index is 582. The Morgan fingerprint density at radius 2 is 2.20 bits per heavy atom. The van der Waals surface area contributed by atoms with Gasteiger partial charge >= 0.3 is 0 Å². The molecule has 7 heteroatoms. The number of aliphatic imine (C=N–C) groups is 1. The van der Waals surface area contributed by atoms with Gasteiger partial charge in [0.05, 0.1) is 0 Å². The van der Waals surface area contributed by atoms with Gasteiger partial charge in [-0.2, -0.15) is 11.8 Å². The maximum Gasteiger partial charge on any atom is 0.191 e. The number of aromatic nitrogens is 3. The zero-order valence-corrected chi connectivity index (χ0v) is 16.6. The topological polar surface area (TPSA) is 67.1 Å². The van der Waals surface area contributed by atoms with Crippen LogP contribution in [0.5, 0.6) is 0 Å². The number of hydrogen-bond donors (Lipinski definition) is 2. The summed E-state index contributed by atoms with van der Waals surface area (Å²) in [5, 5.41) is 16.5. The van der Waals surface area contributed by atoms with E-state index in [-0.39, 0.29) is 0 Å². The summed E-state index contributed by atoms with van der Waals surface area (Å²) in [7, 11) is 1.87. The van der Waals surface area contributed by atoms with Crippen LogP contribution in [0.3, 0.4) is 0 Å². The van der Waals surface area contributed by atoms with Gasteiger partial charge in [0.25, 0.3) is 0 Å². The van der Waals surface area contributed by atoms with Gasteiger partial charge in [-0.25, -0.2) is 0 Å². The number of nitrogens with zero attached hydrogens (tertiary/aromatic N) is 4. The summed E-state index contributed by atoms with van der Waals surface area (Å²) < 4.78 is 2.26. The highest BCUT2D eigenvalue weighted by Gasteiger charge is 2.24. The van der Waals surface area contributed by atoms with Crippen LogP contribution in [0.4, 0.5) is 0 Å². The third-order valence-corrected chi connectivity index (χ3v) is 6.61. The highest BCUT2D eigenvalue weighted by Crippen LogP contribution is 2.28. The molecule has 6 nitrogen and oxygen atoms in total. The van der Waals surface area contributed by atoms with Crippen molar-refractivity contribution in [3.05, 3.63) is 11.6 Å². The lowest BCUT2D eigenvalue weighted by Crippen LogP contribution is -2.47. The van der Waals surface area contributed by atoms with Crippen LogP contribution < -0.4 is 10.6 Å². The number of guanidine groups is 1. The van der Waals surface area contributed by atoms with Crippen molar-refractivity contribution in [3.8, 4) is 0 Å². The van der Waals surface area contributed by atoms with Crippen molar-refractivity contribution in [2.24, 2.45) is 10.9 Å². The van der Waals surface area contributed by atoms with E-state index in [1.54, 1.807) is 0 Å². The maximum atomic E-state index is 4.45. The molecule has 1 fully saturated rings. The fourth-order valence-electron chi connectivity index (χ4n) is 3.99. The Hall–Kier alpha value is -1.24. The van der Waals surface area contributed by atoms with Crippen molar-refractivity contribution in [1.29, 1.82) is 0 Å². The Balaban J connectivity index is 1.46. The van der Waals surface area contributed by atoms with Crippen LogP contribution in [0, 0.1) is 12.8 Å². The van der Waals surface area contributed by atoms with Crippen molar-refractivity contribution in [2.45, 2.75) is 70.2 Å². The zero-order chi connectivity index (χ0) is 17.6. The van der Waals surface area contributed by atoms with Crippen LogP contribution in [0.15, 0.2) is 4.99 Å². The molecule has 0 spiro atoms. The standard InChI is InChI=1S/C18H32N6S/c1-4-25-16-7-5-6-15(10-16)21-18(19-3)20-11-14-8-9-17-23-22-13(2)24(17)12-14/h14-16H,4-12H2,1-3H3,(H2,19,20,21). The van der Waals surface area contributed by atoms with Gasteiger partial charge < -0.3 is 15.2 Å². The smallest absolute Gasteiger partial charge is 0.191 e. The minimum atomic E-state index is 0.557. The molecular formula is C18H32N6S. The van der Waals surface area contributed by atoms with Gasteiger partial charge in [-0.15, -0.1) is 10.2 Å². The Morgan fingerprint density at radius 3 is 3.00 bits per heavy atom. The minimum absolute atomic E-state index is 0.557. The first kappa shape index (κ1) is 18.5. The molecule has 1 saturated carbocycles. The van der Waals surface area contributed by atoms with Gasteiger partial charge in [0, 0.05) is 37.8 Å². The van der Waals surface area contributed by atoms with E-state index in [1.165, 1.54) is 37.9 Å². The van der Waals surface area contributed by atoms with E-state index in [9.17, 15) is 0 Å². The molecule has 2 heterocycles. The predicted molar refractivity (Wildman–Crippen MR) is 105 cm³/mol. The van der Waals surface area contributed by atoms with E-state index >= 15 is 0 Å². The molecule has 140 valence electrons. The van der Waals surface area contributed by atoms with Gasteiger partial charge in [-0.1, -0.05) is 13.3 Å². The largest absolute Gasteiger partial charge is 0.356 e. The fraction of sp³-hybridized carbons (Fsp3) is 0.833. The quantitative estimate of drug-likeness (QED) is 0.620. The van der Waals surface area contributed by atoms with Crippen molar-refractivity contribution >= 4 is 17.7 Å². The summed E-state index contributed by atoms with van der Waals surface area (Å²) in [6, 6.07) is 0.557. The maximum absolute atomic E-state index is 4.45. The first-order valence-corrected chi connectivity index (χ1v) is 10.7. The van der Waals surface area contributed by atoms with Crippen molar-refractivity contribution in [3.63, 3.8) is 0 Å². The molecule has 0 amide bonds. The molecule has 2 N–H and O–H groups in total. The van der Waals surface area contributed by atoms with Gasteiger partial charge in [-0.05, 0) is 44.3 Å². The van der Waals surface area contributed by atoms with Crippen LogP contribution >= 0.6 is 11.8 Å². The van der Waals surface area contributed by atoms with Crippen molar-refractivity contribution < 1.29 is 0 Å². The second-order valence-corrected chi connectivity index (χ2v) is 8.79. The molecule has 25 heavy (non-hydrogen) atoms. The number of aryl methyl sites for hydroxylation is 2. The number of nitrogens with one attached hydrogen (secondary N) is 2. The molecule has 0 saturated heterocycles. The molecule has 1 aliphatic heterocycles. The van der Waals surface area contributed by atoms with E-state index in [1.807, 2.05) is 14.0 Å². The number of rotatable bonds is 5. The SMILES string of the molecule is CCSC1CCCC(NC(=NC)NCC2CCc3nnc(C)n3C2)C1. The van der Waals surface area contributed by atoms with Crippen LogP contribution in [0.1, 0.15) is 50.7 Å². The molecule has 1 aromatic heterocycles. The average molecular weight is 365 g/mol. The number of thioether (sulfide) groups is 1. The molecule has 2 aliphatic rings. The predicted octanol–water partition coefficient (Wildman–Crippen LogP) is 2.38. The zero-order valence-electron chi connectivity index (χ0n) is 15.8. The Kier molecular flexibility index (Phi) is 6.62. The summed E-state index contributed by atoms with van der Waals surface area (Å²) in [5.74, 6) is 4.95. The summed E-state index contributed by atoms with van der Waals surface area (Å²) in [6.45, 7) is 6.27. The van der Waals surface area contributed by atoms with Crippen LogP contribution in [-0.2, 0) is 13.0 Å². The molecule has 0 bridgehead atoms. The van der Waals surface area contributed by atoms with Gasteiger partial charge in [0.2, 0.25) is 0 Å². The lowest BCUT2D eigenvalue weighted by atomic mass is 9.95. The molecule has 3 rings (SSSR count).